The van der Waals surface area contributed by atoms with E-state index in [-0.39, 0.29) is 11.2 Å². The number of rotatable bonds is 6. The molecule has 1 aliphatic heterocycles. The van der Waals surface area contributed by atoms with E-state index in [4.69, 9.17) is 10.5 Å². The number of ether oxygens (including phenoxy) is 1. The van der Waals surface area contributed by atoms with E-state index in [1.807, 2.05) is 17.7 Å². The molecule has 29 heavy (non-hydrogen) atoms. The number of hydrogen-bond acceptors (Lipinski definition) is 6. The molecule has 1 fully saturated rings. The first-order valence-electron chi connectivity index (χ1n) is 9.64. The molecule has 0 bridgehead atoms. The number of amides is 1. The molecule has 1 aliphatic rings. The Labute approximate surface area is 165 Å². The lowest BCUT2D eigenvalue weighted by atomic mass is 10.3. The van der Waals surface area contributed by atoms with Crippen LogP contribution in [0.3, 0.4) is 0 Å². The number of primary amides is 1. The highest BCUT2D eigenvalue weighted by Crippen LogP contribution is 2.16. The smallest absolute Gasteiger partial charge is 0.332 e. The van der Waals surface area contributed by atoms with Gasteiger partial charge in [0.1, 0.15) is 6.54 Å². The highest BCUT2D eigenvalue weighted by Gasteiger charge is 2.21. The number of carbonyl (C=O) groups excluding carboxylic acids is 1. The minimum Gasteiger partial charge on any atom is -0.379 e. The normalized spacial score (nSPS) is 15.5. The second kappa shape index (κ2) is 7.48. The maximum Gasteiger partial charge on any atom is 0.332 e. The predicted molar refractivity (Wildman–Crippen MR) is 106 cm³/mol. The summed E-state index contributed by atoms with van der Waals surface area (Å²) in [5, 5.41) is 0. The van der Waals surface area contributed by atoms with Gasteiger partial charge >= 0.3 is 5.69 Å². The molecule has 11 nitrogen and oxygen atoms in total. The number of hydrogen-bond donors (Lipinski definition) is 1. The summed E-state index contributed by atoms with van der Waals surface area (Å²) in [5.41, 5.74) is 5.54. The Morgan fingerprint density at radius 2 is 1.93 bits per heavy atom. The molecule has 0 spiro atoms. The van der Waals surface area contributed by atoms with Crippen LogP contribution in [0.15, 0.2) is 15.8 Å². The molecule has 0 atom stereocenters. The van der Waals surface area contributed by atoms with E-state index in [0.29, 0.717) is 5.78 Å². The number of morpholine rings is 1. The van der Waals surface area contributed by atoms with E-state index in [0.717, 1.165) is 56.1 Å². The van der Waals surface area contributed by atoms with E-state index < -0.39 is 23.7 Å². The second-order valence-corrected chi connectivity index (χ2v) is 7.38. The van der Waals surface area contributed by atoms with Gasteiger partial charge in [0.25, 0.3) is 5.56 Å². The summed E-state index contributed by atoms with van der Waals surface area (Å²) in [5.74, 6) is -0.149. The number of aromatic nitrogens is 5. The third kappa shape index (κ3) is 3.36. The summed E-state index contributed by atoms with van der Waals surface area (Å²) in [6.07, 6.45) is 2.76. The number of nitrogens with two attached hydrogens (primary N) is 1. The second-order valence-electron chi connectivity index (χ2n) is 7.38. The molecule has 0 saturated carbocycles. The molecule has 4 heterocycles. The fourth-order valence-corrected chi connectivity index (χ4v) is 3.90. The number of nitrogens with zero attached hydrogens (tertiary/aromatic N) is 6. The summed E-state index contributed by atoms with van der Waals surface area (Å²) in [6.45, 7) is 6.61. The van der Waals surface area contributed by atoms with Gasteiger partial charge in [0.05, 0.1) is 13.2 Å². The summed E-state index contributed by atoms with van der Waals surface area (Å²) in [4.78, 5) is 43.6. The van der Waals surface area contributed by atoms with Crippen molar-refractivity contribution < 1.29 is 9.53 Å². The maximum atomic E-state index is 12.9. The first-order valence-corrected chi connectivity index (χ1v) is 9.64. The third-order valence-corrected chi connectivity index (χ3v) is 5.41. The maximum absolute atomic E-state index is 12.9. The van der Waals surface area contributed by atoms with Gasteiger partial charge in [-0.1, -0.05) is 0 Å². The van der Waals surface area contributed by atoms with Crippen LogP contribution in [0.4, 0.5) is 0 Å². The SMILES string of the molecule is Cc1cn2c3c(=O)n(CC(N)=O)c(=O)n(C)c3nc2n1CCCN1CCOCC1. The molecule has 11 heteroatoms. The summed E-state index contributed by atoms with van der Waals surface area (Å²) in [6, 6.07) is 0. The van der Waals surface area contributed by atoms with Gasteiger partial charge in [-0.05, 0) is 13.3 Å². The van der Waals surface area contributed by atoms with Gasteiger partial charge < -0.3 is 15.0 Å². The van der Waals surface area contributed by atoms with Crippen molar-refractivity contribution in [2.24, 2.45) is 12.8 Å². The fourth-order valence-electron chi connectivity index (χ4n) is 3.90. The molecule has 1 amide bonds. The topological polar surface area (TPSA) is 122 Å². The van der Waals surface area contributed by atoms with Crippen molar-refractivity contribution in [1.29, 1.82) is 0 Å². The Kier molecular flexibility index (Phi) is 5.01. The Bertz CT molecular complexity index is 1190. The molecule has 2 N–H and O–H groups in total. The lowest BCUT2D eigenvalue weighted by Crippen LogP contribution is -2.42. The van der Waals surface area contributed by atoms with Crippen LogP contribution in [0.5, 0.6) is 0 Å². The molecule has 0 unspecified atom stereocenters. The summed E-state index contributed by atoms with van der Waals surface area (Å²) >= 11 is 0. The molecule has 0 aliphatic carbocycles. The van der Waals surface area contributed by atoms with Crippen LogP contribution in [-0.4, -0.2) is 66.7 Å². The number of imidazole rings is 2. The predicted octanol–water partition coefficient (Wildman–Crippen LogP) is -1.33. The van der Waals surface area contributed by atoms with Crippen LogP contribution in [0.2, 0.25) is 0 Å². The standard InChI is InChI=1S/C18H25N7O4/c1-12-10-24-14-15(21(2)18(28)25(16(14)27)11-13(19)26)20-17(24)23(12)5-3-4-22-6-8-29-9-7-22/h10H,3-9,11H2,1-2H3,(H2,19,26). The average Bonchev–Trinajstić information content (AvgIpc) is 3.20. The van der Waals surface area contributed by atoms with Gasteiger partial charge in [0.2, 0.25) is 11.7 Å². The van der Waals surface area contributed by atoms with Crippen molar-refractivity contribution >= 4 is 22.8 Å². The molecular weight excluding hydrogens is 378 g/mol. The van der Waals surface area contributed by atoms with E-state index in [1.165, 1.54) is 11.6 Å². The van der Waals surface area contributed by atoms with Crippen molar-refractivity contribution in [1.82, 2.24) is 28.0 Å². The zero-order valence-electron chi connectivity index (χ0n) is 16.6. The first kappa shape index (κ1) is 19.4. The Hall–Kier alpha value is -2.92. The summed E-state index contributed by atoms with van der Waals surface area (Å²) < 4.78 is 11.2. The molecule has 0 aromatic carbocycles. The van der Waals surface area contributed by atoms with Crippen molar-refractivity contribution in [2.45, 2.75) is 26.4 Å². The van der Waals surface area contributed by atoms with E-state index in [9.17, 15) is 14.4 Å². The molecule has 3 aromatic heterocycles. The van der Waals surface area contributed by atoms with Gasteiger partial charge in [0.15, 0.2) is 11.2 Å². The van der Waals surface area contributed by atoms with Crippen LogP contribution < -0.4 is 17.0 Å². The molecular formula is C18H25N7O4. The quantitative estimate of drug-likeness (QED) is 0.544. The lowest BCUT2D eigenvalue weighted by Gasteiger charge is -2.26. The minimum absolute atomic E-state index is 0.262. The lowest BCUT2D eigenvalue weighted by molar-refractivity contribution is -0.118. The van der Waals surface area contributed by atoms with Crippen LogP contribution in [0, 0.1) is 6.92 Å². The summed E-state index contributed by atoms with van der Waals surface area (Å²) in [7, 11) is 1.53. The van der Waals surface area contributed by atoms with Gasteiger partial charge in [0, 0.05) is 45.1 Å². The van der Waals surface area contributed by atoms with Crippen molar-refractivity contribution in [2.75, 3.05) is 32.8 Å². The molecule has 3 aromatic rings. The first-order chi connectivity index (χ1) is 13.9. The number of aryl methyl sites for hydroxylation is 3. The van der Waals surface area contributed by atoms with Crippen LogP contribution in [0.1, 0.15) is 12.1 Å². The highest BCUT2D eigenvalue weighted by atomic mass is 16.5. The van der Waals surface area contributed by atoms with Gasteiger partial charge in [-0.25, -0.2) is 9.36 Å². The van der Waals surface area contributed by atoms with Gasteiger partial charge in [-0.3, -0.25) is 23.5 Å². The van der Waals surface area contributed by atoms with Crippen LogP contribution >= 0.6 is 0 Å². The largest absolute Gasteiger partial charge is 0.379 e. The van der Waals surface area contributed by atoms with Gasteiger partial charge in [-0.15, -0.1) is 0 Å². The minimum atomic E-state index is -0.749. The number of carbonyl (C=O) groups is 1. The van der Waals surface area contributed by atoms with E-state index >= 15 is 0 Å². The zero-order valence-corrected chi connectivity index (χ0v) is 16.6. The van der Waals surface area contributed by atoms with Crippen molar-refractivity contribution in [3.63, 3.8) is 0 Å². The monoisotopic (exact) mass is 403 g/mol. The van der Waals surface area contributed by atoms with Crippen LogP contribution in [-0.2, 0) is 29.7 Å². The van der Waals surface area contributed by atoms with E-state index in [2.05, 4.69) is 9.88 Å². The molecule has 0 radical (unpaired) electrons. The van der Waals surface area contributed by atoms with Gasteiger partial charge in [-0.2, -0.15) is 4.98 Å². The van der Waals surface area contributed by atoms with Crippen molar-refractivity contribution in [3.8, 4) is 0 Å². The van der Waals surface area contributed by atoms with E-state index in [1.54, 1.807) is 4.40 Å². The number of fused-ring (bicyclic) bond motifs is 3. The van der Waals surface area contributed by atoms with Crippen molar-refractivity contribution in [3.05, 3.63) is 32.7 Å². The Balaban J connectivity index is 1.73. The van der Waals surface area contributed by atoms with Crippen LogP contribution in [0.25, 0.3) is 16.9 Å². The average molecular weight is 403 g/mol. The molecule has 1 saturated heterocycles. The highest BCUT2D eigenvalue weighted by molar-refractivity contribution is 5.77. The molecule has 156 valence electrons. The third-order valence-electron chi connectivity index (χ3n) is 5.41. The molecule has 4 rings (SSSR count). The zero-order chi connectivity index (χ0) is 20.7. The Morgan fingerprint density at radius 3 is 2.62 bits per heavy atom. The fraction of sp³-hybridized carbons (Fsp3) is 0.556. The Morgan fingerprint density at radius 1 is 1.21 bits per heavy atom.